The van der Waals surface area contributed by atoms with Crippen molar-refractivity contribution < 1.29 is 14.4 Å². The molecule has 0 spiro atoms. The molecule has 4 rings (SSSR count). The number of hydrogen-bond acceptors (Lipinski definition) is 3. The van der Waals surface area contributed by atoms with E-state index in [1.54, 1.807) is 0 Å². The molecule has 0 aromatic heterocycles. The van der Waals surface area contributed by atoms with Gasteiger partial charge in [0.1, 0.15) is 0 Å². The van der Waals surface area contributed by atoms with Gasteiger partial charge in [0.2, 0.25) is 11.8 Å². The van der Waals surface area contributed by atoms with Crippen molar-refractivity contribution in [1.82, 2.24) is 15.1 Å². The number of hydrogen-bond donors (Lipinski definition) is 1. The molecule has 0 atom stereocenters. The van der Waals surface area contributed by atoms with Gasteiger partial charge in [0.15, 0.2) is 0 Å². The molecule has 2 aliphatic rings. The molecule has 180 valence electrons. The maximum atomic E-state index is 12.8. The molecule has 0 bridgehead atoms. The van der Waals surface area contributed by atoms with Crippen molar-refractivity contribution in [3.63, 3.8) is 0 Å². The van der Waals surface area contributed by atoms with Gasteiger partial charge in [-0.25, -0.2) is 0 Å². The van der Waals surface area contributed by atoms with Crippen LogP contribution in [0.25, 0.3) is 0 Å². The van der Waals surface area contributed by atoms with Gasteiger partial charge in [-0.05, 0) is 61.8 Å². The highest BCUT2D eigenvalue weighted by atomic mass is 16.2. The normalized spacial score (nSPS) is 16.8. The maximum Gasteiger partial charge on any atom is 0.253 e. The number of piperidine rings is 2. The van der Waals surface area contributed by atoms with Gasteiger partial charge in [-0.3, -0.25) is 14.4 Å². The van der Waals surface area contributed by atoms with E-state index in [9.17, 15) is 14.4 Å². The Hall–Kier alpha value is -3.15. The molecule has 34 heavy (non-hydrogen) atoms. The van der Waals surface area contributed by atoms with Crippen LogP contribution in [-0.2, 0) is 22.6 Å². The molecule has 2 aromatic rings. The Kier molecular flexibility index (Phi) is 8.34. The number of carbonyl (C=O) groups excluding carboxylic acids is 3. The van der Waals surface area contributed by atoms with Gasteiger partial charge in [0.05, 0.1) is 0 Å². The molecule has 6 heteroatoms. The molecule has 1 N–H and O–H groups in total. The summed E-state index contributed by atoms with van der Waals surface area (Å²) in [6, 6.07) is 17.6. The van der Waals surface area contributed by atoms with Crippen LogP contribution in [0.5, 0.6) is 0 Å². The van der Waals surface area contributed by atoms with Crippen LogP contribution in [-0.4, -0.2) is 53.7 Å². The number of likely N-dealkylation sites (tertiary alicyclic amines) is 2. The monoisotopic (exact) mass is 461 g/mol. The zero-order valence-electron chi connectivity index (χ0n) is 19.9. The number of nitrogens with zero attached hydrogens (tertiary/aromatic N) is 2. The first kappa shape index (κ1) is 24.0. The molecule has 2 heterocycles. The maximum absolute atomic E-state index is 12.8. The summed E-state index contributed by atoms with van der Waals surface area (Å²) in [5, 5.41) is 3.04. The first-order valence-corrected chi connectivity index (χ1v) is 12.6. The van der Waals surface area contributed by atoms with E-state index in [1.165, 1.54) is 12.0 Å². The second kappa shape index (κ2) is 11.8. The summed E-state index contributed by atoms with van der Waals surface area (Å²) in [6.45, 7) is 3.33. The summed E-state index contributed by atoms with van der Waals surface area (Å²) < 4.78 is 0. The van der Waals surface area contributed by atoms with Crippen LogP contribution in [0.3, 0.4) is 0 Å². The topological polar surface area (TPSA) is 69.7 Å². The molecular formula is C28H35N3O3. The summed E-state index contributed by atoms with van der Waals surface area (Å²) >= 11 is 0. The second-order valence-corrected chi connectivity index (χ2v) is 9.41. The average molecular weight is 462 g/mol. The van der Waals surface area contributed by atoms with E-state index in [0.717, 1.165) is 37.9 Å². The summed E-state index contributed by atoms with van der Waals surface area (Å²) in [5.74, 6) is 0.204. The van der Waals surface area contributed by atoms with Crippen LogP contribution in [0, 0.1) is 5.92 Å². The minimum absolute atomic E-state index is 0.0316. The van der Waals surface area contributed by atoms with Crippen LogP contribution >= 0.6 is 0 Å². The molecule has 0 saturated carbocycles. The second-order valence-electron chi connectivity index (χ2n) is 9.41. The lowest BCUT2D eigenvalue weighted by molar-refractivity contribution is -0.135. The third kappa shape index (κ3) is 6.46. The number of nitrogens with one attached hydrogen (secondary N) is 1. The lowest BCUT2D eigenvalue weighted by Crippen LogP contribution is -2.43. The van der Waals surface area contributed by atoms with Crippen molar-refractivity contribution in [2.24, 2.45) is 5.92 Å². The fraction of sp³-hybridized carbons (Fsp3) is 0.464. The Labute approximate surface area is 202 Å². The smallest absolute Gasteiger partial charge is 0.253 e. The molecule has 0 aliphatic carbocycles. The van der Waals surface area contributed by atoms with Crippen molar-refractivity contribution in [2.75, 3.05) is 26.2 Å². The van der Waals surface area contributed by atoms with Crippen LogP contribution in [0.2, 0.25) is 0 Å². The molecule has 2 saturated heterocycles. The molecule has 3 amide bonds. The largest absolute Gasteiger partial charge is 0.352 e. The van der Waals surface area contributed by atoms with Crippen molar-refractivity contribution >= 4 is 17.7 Å². The molecule has 6 nitrogen and oxygen atoms in total. The van der Waals surface area contributed by atoms with Gasteiger partial charge >= 0.3 is 0 Å². The lowest BCUT2D eigenvalue weighted by atomic mass is 9.95. The predicted octanol–water partition coefficient (Wildman–Crippen LogP) is 3.80. The number of rotatable bonds is 7. The van der Waals surface area contributed by atoms with E-state index in [0.29, 0.717) is 44.5 Å². The SMILES string of the molecule is O=C(NCc1cccc(C(=O)N2CCCCC2)c1)C1CCN(C(=O)CCc2ccccc2)CC1. The van der Waals surface area contributed by atoms with Gasteiger partial charge < -0.3 is 15.1 Å². The zero-order chi connectivity index (χ0) is 23.8. The minimum atomic E-state index is -0.0728. The van der Waals surface area contributed by atoms with E-state index in [2.05, 4.69) is 5.32 Å². The van der Waals surface area contributed by atoms with Gasteiger partial charge in [0.25, 0.3) is 5.91 Å². The summed E-state index contributed by atoms with van der Waals surface area (Å²) in [7, 11) is 0. The highest BCUT2D eigenvalue weighted by Crippen LogP contribution is 2.19. The zero-order valence-corrected chi connectivity index (χ0v) is 19.9. The summed E-state index contributed by atoms with van der Waals surface area (Å²) in [5.41, 5.74) is 2.80. The van der Waals surface area contributed by atoms with Crippen molar-refractivity contribution in [3.8, 4) is 0 Å². The average Bonchev–Trinajstić information content (AvgIpc) is 2.91. The van der Waals surface area contributed by atoms with Crippen molar-refractivity contribution in [2.45, 2.75) is 51.5 Å². The van der Waals surface area contributed by atoms with E-state index in [4.69, 9.17) is 0 Å². The Balaban J connectivity index is 1.21. The molecule has 2 fully saturated rings. The van der Waals surface area contributed by atoms with E-state index in [1.807, 2.05) is 64.4 Å². The number of benzene rings is 2. The van der Waals surface area contributed by atoms with Gasteiger partial charge in [-0.1, -0.05) is 42.5 Å². The van der Waals surface area contributed by atoms with E-state index < -0.39 is 0 Å². The molecular weight excluding hydrogens is 426 g/mol. The fourth-order valence-corrected chi connectivity index (χ4v) is 4.87. The lowest BCUT2D eigenvalue weighted by Gasteiger charge is -2.31. The number of carbonyl (C=O) groups is 3. The van der Waals surface area contributed by atoms with Gasteiger partial charge in [-0.15, -0.1) is 0 Å². The Morgan fingerprint density at radius 1 is 0.794 bits per heavy atom. The Bertz CT molecular complexity index is 977. The highest BCUT2D eigenvalue weighted by molar-refractivity contribution is 5.94. The van der Waals surface area contributed by atoms with Crippen molar-refractivity contribution in [3.05, 3.63) is 71.3 Å². The fourth-order valence-electron chi connectivity index (χ4n) is 4.87. The quantitative estimate of drug-likeness (QED) is 0.682. The first-order chi connectivity index (χ1) is 16.6. The third-order valence-corrected chi connectivity index (χ3v) is 6.97. The first-order valence-electron chi connectivity index (χ1n) is 12.6. The van der Waals surface area contributed by atoms with Gasteiger partial charge in [0, 0.05) is 50.6 Å². The summed E-state index contributed by atoms with van der Waals surface area (Å²) in [4.78, 5) is 41.9. The van der Waals surface area contributed by atoms with E-state index in [-0.39, 0.29) is 23.6 Å². The molecule has 2 aliphatic heterocycles. The van der Waals surface area contributed by atoms with E-state index >= 15 is 0 Å². The van der Waals surface area contributed by atoms with Crippen LogP contribution in [0.4, 0.5) is 0 Å². The molecule has 0 unspecified atom stereocenters. The van der Waals surface area contributed by atoms with Crippen LogP contribution in [0.1, 0.15) is 60.0 Å². The number of aryl methyl sites for hydroxylation is 1. The summed E-state index contributed by atoms with van der Waals surface area (Å²) in [6.07, 6.45) is 5.97. The Morgan fingerprint density at radius 3 is 2.24 bits per heavy atom. The Morgan fingerprint density at radius 2 is 1.50 bits per heavy atom. The standard InChI is InChI=1S/C28H35N3O3/c32-26(13-12-22-8-3-1-4-9-22)30-18-14-24(15-19-30)27(33)29-21-23-10-7-11-25(20-23)28(34)31-16-5-2-6-17-31/h1,3-4,7-11,20,24H,2,5-6,12-19,21H2,(H,29,33). The van der Waals surface area contributed by atoms with Crippen LogP contribution < -0.4 is 5.32 Å². The minimum Gasteiger partial charge on any atom is -0.352 e. The van der Waals surface area contributed by atoms with Crippen LogP contribution in [0.15, 0.2) is 54.6 Å². The predicted molar refractivity (Wildman–Crippen MR) is 132 cm³/mol. The highest BCUT2D eigenvalue weighted by Gasteiger charge is 2.27. The third-order valence-electron chi connectivity index (χ3n) is 6.97. The van der Waals surface area contributed by atoms with Gasteiger partial charge in [-0.2, -0.15) is 0 Å². The molecule has 2 aromatic carbocycles. The number of amides is 3. The molecule has 0 radical (unpaired) electrons. The van der Waals surface area contributed by atoms with Crippen molar-refractivity contribution in [1.29, 1.82) is 0 Å².